The molecule has 1 aliphatic rings. The Morgan fingerprint density at radius 1 is 1.22 bits per heavy atom. The van der Waals surface area contributed by atoms with Gasteiger partial charge in [-0.3, -0.25) is 0 Å². The van der Waals surface area contributed by atoms with Gasteiger partial charge in [0.05, 0.1) is 11.6 Å². The number of primary amides is 1. The maximum Gasteiger partial charge on any atom is 0.338 e. The van der Waals surface area contributed by atoms with Crippen LogP contribution in [0.5, 0.6) is 0 Å². The molecule has 2 heterocycles. The van der Waals surface area contributed by atoms with E-state index >= 15 is 0 Å². The molecule has 0 bridgehead atoms. The molecule has 3 rings (SSSR count). The van der Waals surface area contributed by atoms with E-state index < -0.39 is 12.0 Å². The molecule has 1 aromatic heterocycles. The van der Waals surface area contributed by atoms with Gasteiger partial charge in [-0.25, -0.2) is 9.59 Å². The van der Waals surface area contributed by atoms with Gasteiger partial charge in [0.25, 0.3) is 0 Å². The largest absolute Gasteiger partial charge is 0.460 e. The molecule has 2 N–H and O–H groups in total. The number of esters is 1. The second-order valence-corrected chi connectivity index (χ2v) is 5.57. The van der Waals surface area contributed by atoms with Gasteiger partial charge >= 0.3 is 12.0 Å². The van der Waals surface area contributed by atoms with Crippen molar-refractivity contribution < 1.29 is 14.3 Å². The van der Waals surface area contributed by atoms with E-state index in [2.05, 4.69) is 0 Å². The third-order valence-electron chi connectivity index (χ3n) is 4.05. The van der Waals surface area contributed by atoms with Gasteiger partial charge in [0, 0.05) is 24.6 Å². The summed E-state index contributed by atoms with van der Waals surface area (Å²) in [5.74, 6) is -0.393. The molecule has 0 aliphatic carbocycles. The molecule has 1 atom stereocenters. The number of hydrogen-bond donors (Lipinski definition) is 1. The molecule has 1 saturated heterocycles. The van der Waals surface area contributed by atoms with E-state index in [1.807, 2.05) is 41.2 Å². The molecule has 2 amide bonds. The van der Waals surface area contributed by atoms with Crippen molar-refractivity contribution in [1.29, 1.82) is 0 Å². The first-order chi connectivity index (χ1) is 11.1. The topological polar surface area (TPSA) is 77.6 Å². The van der Waals surface area contributed by atoms with Crippen LogP contribution >= 0.6 is 0 Å². The lowest BCUT2D eigenvalue weighted by Gasteiger charge is -2.22. The molecule has 2 aromatic rings. The Hall–Kier alpha value is -2.76. The number of ether oxygens (including phenoxy) is 1. The predicted molar refractivity (Wildman–Crippen MR) is 85.4 cm³/mol. The van der Waals surface area contributed by atoms with Crippen molar-refractivity contribution in [2.24, 2.45) is 5.73 Å². The van der Waals surface area contributed by atoms with Crippen LogP contribution in [0, 0.1) is 0 Å². The summed E-state index contributed by atoms with van der Waals surface area (Å²) in [7, 11) is 0. The molecule has 1 fully saturated rings. The maximum absolute atomic E-state index is 12.2. The summed E-state index contributed by atoms with van der Waals surface area (Å²) < 4.78 is 7.29. The van der Waals surface area contributed by atoms with Crippen molar-refractivity contribution in [3.63, 3.8) is 0 Å². The fourth-order valence-electron chi connectivity index (χ4n) is 2.85. The summed E-state index contributed by atoms with van der Waals surface area (Å²) in [5, 5.41) is 0. The number of likely N-dealkylation sites (tertiary alicyclic amines) is 1. The first kappa shape index (κ1) is 15.1. The number of urea groups is 1. The van der Waals surface area contributed by atoms with E-state index in [-0.39, 0.29) is 12.6 Å². The van der Waals surface area contributed by atoms with E-state index in [4.69, 9.17) is 10.5 Å². The summed E-state index contributed by atoms with van der Waals surface area (Å²) >= 11 is 0. The zero-order valence-electron chi connectivity index (χ0n) is 12.7. The van der Waals surface area contributed by atoms with Crippen LogP contribution < -0.4 is 5.73 Å². The van der Waals surface area contributed by atoms with Crippen LogP contribution in [-0.2, 0) is 4.74 Å². The maximum atomic E-state index is 12.2. The molecule has 120 valence electrons. The van der Waals surface area contributed by atoms with Crippen LogP contribution in [0.3, 0.4) is 0 Å². The van der Waals surface area contributed by atoms with Crippen LogP contribution in [0.4, 0.5) is 4.79 Å². The zero-order valence-corrected chi connectivity index (χ0v) is 12.7. The smallest absolute Gasteiger partial charge is 0.338 e. The number of rotatable bonds is 4. The number of hydrogen-bond acceptors (Lipinski definition) is 3. The van der Waals surface area contributed by atoms with Gasteiger partial charge in [-0.05, 0) is 43.2 Å². The Balaban J connectivity index is 1.65. The number of amides is 2. The molecule has 0 saturated carbocycles. The van der Waals surface area contributed by atoms with Crippen LogP contribution in [-0.4, -0.2) is 40.7 Å². The van der Waals surface area contributed by atoms with Gasteiger partial charge in [0.2, 0.25) is 0 Å². The minimum absolute atomic E-state index is 0.121. The summed E-state index contributed by atoms with van der Waals surface area (Å²) in [6, 6.07) is 10.5. The lowest BCUT2D eigenvalue weighted by molar-refractivity contribution is 0.0422. The Morgan fingerprint density at radius 2 is 2.00 bits per heavy atom. The second-order valence-electron chi connectivity index (χ2n) is 5.57. The second kappa shape index (κ2) is 6.56. The summed E-state index contributed by atoms with van der Waals surface area (Å²) in [6.07, 6.45) is 5.51. The van der Waals surface area contributed by atoms with Gasteiger partial charge in [-0.2, -0.15) is 0 Å². The quantitative estimate of drug-likeness (QED) is 0.879. The minimum atomic E-state index is -0.460. The normalized spacial score (nSPS) is 17.2. The zero-order chi connectivity index (χ0) is 16.2. The summed E-state index contributed by atoms with van der Waals surface area (Å²) in [6.45, 7) is 0.802. The average Bonchev–Trinajstić information content (AvgIpc) is 3.24. The standard InChI is InChI=1S/C17H19N3O3/c18-17(22)20-10-4-7-15(20)12-23-16(21)13-5-3-6-14(11-13)19-8-1-2-9-19/h1-3,5-6,8-9,11,15H,4,7,10,12H2,(H2,18,22). The monoisotopic (exact) mass is 313 g/mol. The highest BCUT2D eigenvalue weighted by Gasteiger charge is 2.28. The number of benzene rings is 1. The van der Waals surface area contributed by atoms with E-state index in [1.54, 1.807) is 17.0 Å². The van der Waals surface area contributed by atoms with Gasteiger partial charge in [-0.1, -0.05) is 6.07 Å². The van der Waals surface area contributed by atoms with Gasteiger partial charge in [0.1, 0.15) is 6.61 Å². The number of nitrogens with zero attached hydrogens (tertiary/aromatic N) is 2. The SMILES string of the molecule is NC(=O)N1CCCC1COC(=O)c1cccc(-n2cccc2)c1. The fourth-order valence-corrected chi connectivity index (χ4v) is 2.85. The Labute approximate surface area is 134 Å². The van der Waals surface area contributed by atoms with Gasteiger partial charge in [0.15, 0.2) is 0 Å². The van der Waals surface area contributed by atoms with Crippen molar-refractivity contribution in [2.75, 3.05) is 13.2 Å². The molecular weight excluding hydrogens is 294 g/mol. The molecule has 6 heteroatoms. The molecule has 1 aliphatic heterocycles. The minimum Gasteiger partial charge on any atom is -0.460 e. The number of carbonyl (C=O) groups excluding carboxylic acids is 2. The van der Waals surface area contributed by atoms with E-state index in [1.165, 1.54) is 0 Å². The van der Waals surface area contributed by atoms with Crippen molar-refractivity contribution in [3.05, 3.63) is 54.4 Å². The van der Waals surface area contributed by atoms with Crippen molar-refractivity contribution in [3.8, 4) is 5.69 Å². The third-order valence-corrected chi connectivity index (χ3v) is 4.05. The lowest BCUT2D eigenvalue weighted by atomic mass is 10.2. The van der Waals surface area contributed by atoms with Crippen molar-refractivity contribution >= 4 is 12.0 Å². The number of nitrogens with two attached hydrogens (primary N) is 1. The number of carbonyl (C=O) groups is 2. The van der Waals surface area contributed by atoms with Gasteiger partial charge < -0.3 is 19.9 Å². The van der Waals surface area contributed by atoms with E-state index in [0.29, 0.717) is 12.1 Å². The number of aromatic nitrogens is 1. The Morgan fingerprint density at radius 3 is 2.74 bits per heavy atom. The van der Waals surface area contributed by atoms with Crippen molar-refractivity contribution in [1.82, 2.24) is 9.47 Å². The summed E-state index contributed by atoms with van der Waals surface area (Å²) in [4.78, 5) is 25.1. The molecule has 6 nitrogen and oxygen atoms in total. The fraction of sp³-hybridized carbons (Fsp3) is 0.294. The van der Waals surface area contributed by atoms with Crippen LogP contribution in [0.2, 0.25) is 0 Å². The first-order valence-corrected chi connectivity index (χ1v) is 7.62. The van der Waals surface area contributed by atoms with Gasteiger partial charge in [-0.15, -0.1) is 0 Å². The van der Waals surface area contributed by atoms with E-state index in [9.17, 15) is 9.59 Å². The van der Waals surface area contributed by atoms with Crippen molar-refractivity contribution in [2.45, 2.75) is 18.9 Å². The lowest BCUT2D eigenvalue weighted by Crippen LogP contribution is -2.41. The molecule has 1 unspecified atom stereocenters. The molecular formula is C17H19N3O3. The third kappa shape index (κ3) is 3.36. The predicted octanol–water partition coefficient (Wildman–Crippen LogP) is 2.18. The highest BCUT2D eigenvalue weighted by molar-refractivity contribution is 5.90. The molecule has 0 spiro atoms. The summed E-state index contributed by atoms with van der Waals surface area (Å²) in [5.41, 5.74) is 6.70. The van der Waals surface area contributed by atoms with Crippen LogP contribution in [0.1, 0.15) is 23.2 Å². The highest BCUT2D eigenvalue weighted by atomic mass is 16.5. The first-order valence-electron chi connectivity index (χ1n) is 7.62. The molecule has 1 aromatic carbocycles. The van der Waals surface area contributed by atoms with Crippen LogP contribution in [0.25, 0.3) is 5.69 Å². The van der Waals surface area contributed by atoms with Crippen LogP contribution in [0.15, 0.2) is 48.8 Å². The Kier molecular flexibility index (Phi) is 4.32. The van der Waals surface area contributed by atoms with E-state index in [0.717, 1.165) is 18.5 Å². The molecule has 0 radical (unpaired) electrons. The average molecular weight is 313 g/mol. The molecule has 23 heavy (non-hydrogen) atoms. The highest BCUT2D eigenvalue weighted by Crippen LogP contribution is 2.18. The Bertz CT molecular complexity index is 697.